The Morgan fingerprint density at radius 2 is 1.75 bits per heavy atom. The van der Waals surface area contributed by atoms with Crippen molar-refractivity contribution in [1.82, 2.24) is 5.43 Å². The third-order valence-electron chi connectivity index (χ3n) is 4.48. The topological polar surface area (TPSA) is 74.1 Å². The number of anilines is 1. The third-order valence-corrected chi connectivity index (χ3v) is 6.56. The van der Waals surface area contributed by atoms with E-state index in [9.17, 15) is 8.42 Å². The molecule has 6 nitrogen and oxygen atoms in total. The maximum Gasteiger partial charge on any atom is 0.231 e. The number of aliphatic imine (C=N–C) groups is 1. The Morgan fingerprint density at radius 3 is 2.25 bits per heavy atom. The zero-order chi connectivity index (χ0) is 20.3. The SMILES string of the molecule is CC(C)c1ccc(N=C2NN=C(c3ccc(N(C)S(C)(=O)=O)cc3)CS2)cc1. The molecule has 0 aromatic heterocycles. The lowest BCUT2D eigenvalue weighted by atomic mass is 10.0. The summed E-state index contributed by atoms with van der Waals surface area (Å²) in [5, 5.41) is 5.19. The van der Waals surface area contributed by atoms with Crippen LogP contribution in [-0.2, 0) is 10.0 Å². The molecule has 148 valence electrons. The highest BCUT2D eigenvalue weighted by Gasteiger charge is 2.15. The van der Waals surface area contributed by atoms with Gasteiger partial charge in [0.25, 0.3) is 0 Å². The van der Waals surface area contributed by atoms with Gasteiger partial charge in [-0.15, -0.1) is 0 Å². The Labute approximate surface area is 170 Å². The summed E-state index contributed by atoms with van der Waals surface area (Å²) in [6.07, 6.45) is 1.18. The van der Waals surface area contributed by atoms with Gasteiger partial charge < -0.3 is 0 Å². The molecule has 0 amide bonds. The molecule has 1 aliphatic rings. The van der Waals surface area contributed by atoms with Crippen molar-refractivity contribution in [3.05, 3.63) is 59.7 Å². The summed E-state index contributed by atoms with van der Waals surface area (Å²) in [4.78, 5) is 4.60. The average Bonchev–Trinajstić information content (AvgIpc) is 2.68. The lowest BCUT2D eigenvalue weighted by Gasteiger charge is -2.18. The molecule has 0 radical (unpaired) electrons. The van der Waals surface area contributed by atoms with Crippen LogP contribution in [0.25, 0.3) is 0 Å². The van der Waals surface area contributed by atoms with E-state index in [0.717, 1.165) is 22.1 Å². The van der Waals surface area contributed by atoms with Crippen molar-refractivity contribution in [2.75, 3.05) is 23.4 Å². The summed E-state index contributed by atoms with van der Waals surface area (Å²) in [5.41, 5.74) is 7.66. The second kappa shape index (κ2) is 8.36. The van der Waals surface area contributed by atoms with Crippen molar-refractivity contribution >= 4 is 44.0 Å². The first kappa shape index (κ1) is 20.4. The van der Waals surface area contributed by atoms with E-state index in [1.165, 1.54) is 23.2 Å². The Kier molecular flexibility index (Phi) is 6.10. The fourth-order valence-electron chi connectivity index (χ4n) is 2.63. The summed E-state index contributed by atoms with van der Waals surface area (Å²) in [6.45, 7) is 4.34. The van der Waals surface area contributed by atoms with Crippen molar-refractivity contribution in [2.24, 2.45) is 10.1 Å². The van der Waals surface area contributed by atoms with Gasteiger partial charge in [0.1, 0.15) is 0 Å². The normalized spacial score (nSPS) is 16.0. The minimum atomic E-state index is -3.27. The molecule has 1 heterocycles. The number of rotatable bonds is 5. The van der Waals surface area contributed by atoms with Crippen LogP contribution in [0.3, 0.4) is 0 Å². The van der Waals surface area contributed by atoms with E-state index < -0.39 is 10.0 Å². The van der Waals surface area contributed by atoms with Gasteiger partial charge in [-0.1, -0.05) is 49.9 Å². The number of benzene rings is 2. The molecular formula is C20H24N4O2S2. The number of amidine groups is 1. The number of hydrogen-bond acceptors (Lipinski definition) is 5. The molecule has 0 saturated carbocycles. The molecule has 0 fully saturated rings. The Bertz CT molecular complexity index is 996. The molecule has 2 aromatic carbocycles. The van der Waals surface area contributed by atoms with Gasteiger partial charge in [0.05, 0.1) is 23.3 Å². The average molecular weight is 417 g/mol. The molecule has 0 bridgehead atoms. The van der Waals surface area contributed by atoms with E-state index >= 15 is 0 Å². The van der Waals surface area contributed by atoms with E-state index in [1.54, 1.807) is 23.9 Å². The minimum Gasteiger partial charge on any atom is -0.274 e. The predicted molar refractivity (Wildman–Crippen MR) is 119 cm³/mol. The smallest absolute Gasteiger partial charge is 0.231 e. The number of nitrogens with zero attached hydrogens (tertiary/aromatic N) is 3. The van der Waals surface area contributed by atoms with Crippen LogP contribution in [0, 0.1) is 0 Å². The molecule has 0 unspecified atom stereocenters. The highest BCUT2D eigenvalue weighted by Crippen LogP contribution is 2.23. The monoisotopic (exact) mass is 416 g/mol. The van der Waals surface area contributed by atoms with E-state index in [-0.39, 0.29) is 0 Å². The van der Waals surface area contributed by atoms with Gasteiger partial charge in [0.15, 0.2) is 5.17 Å². The molecule has 0 atom stereocenters. The van der Waals surface area contributed by atoms with Gasteiger partial charge in [0.2, 0.25) is 10.0 Å². The lowest BCUT2D eigenvalue weighted by molar-refractivity contribution is 0.600. The number of nitrogens with one attached hydrogen (secondary N) is 1. The zero-order valence-corrected chi connectivity index (χ0v) is 18.0. The third kappa shape index (κ3) is 4.94. The van der Waals surface area contributed by atoms with Crippen molar-refractivity contribution in [1.29, 1.82) is 0 Å². The largest absolute Gasteiger partial charge is 0.274 e. The van der Waals surface area contributed by atoms with Gasteiger partial charge >= 0.3 is 0 Å². The molecule has 28 heavy (non-hydrogen) atoms. The Morgan fingerprint density at radius 1 is 1.11 bits per heavy atom. The Balaban J connectivity index is 1.69. The predicted octanol–water partition coefficient (Wildman–Crippen LogP) is 3.93. The Hall–Kier alpha value is -2.32. The number of hydrogen-bond donors (Lipinski definition) is 1. The van der Waals surface area contributed by atoms with Gasteiger partial charge in [-0.05, 0) is 41.3 Å². The summed E-state index contributed by atoms with van der Waals surface area (Å²) in [7, 11) is -1.73. The second-order valence-corrected chi connectivity index (χ2v) is 9.88. The van der Waals surface area contributed by atoms with E-state index in [1.807, 2.05) is 24.3 Å². The minimum absolute atomic E-state index is 0.500. The van der Waals surface area contributed by atoms with Crippen LogP contribution < -0.4 is 9.73 Å². The molecule has 0 aliphatic carbocycles. The maximum absolute atomic E-state index is 11.6. The first-order valence-electron chi connectivity index (χ1n) is 8.92. The second-order valence-electron chi connectivity index (χ2n) is 6.90. The van der Waals surface area contributed by atoms with Gasteiger partial charge in [-0.3, -0.25) is 9.73 Å². The first-order chi connectivity index (χ1) is 13.2. The summed E-state index contributed by atoms with van der Waals surface area (Å²) in [5.74, 6) is 1.19. The fraction of sp³-hybridized carbons (Fsp3) is 0.300. The number of hydrazone groups is 1. The van der Waals surface area contributed by atoms with E-state index in [0.29, 0.717) is 17.4 Å². The quantitative estimate of drug-likeness (QED) is 0.801. The van der Waals surface area contributed by atoms with E-state index in [2.05, 4.69) is 41.5 Å². The van der Waals surface area contributed by atoms with Crippen LogP contribution in [0.5, 0.6) is 0 Å². The van der Waals surface area contributed by atoms with Crippen molar-refractivity contribution < 1.29 is 8.42 Å². The van der Waals surface area contributed by atoms with Gasteiger partial charge in [0, 0.05) is 12.8 Å². The van der Waals surface area contributed by atoms with Crippen LogP contribution in [-0.4, -0.2) is 38.4 Å². The summed E-state index contributed by atoms with van der Waals surface area (Å²) in [6, 6.07) is 15.5. The lowest BCUT2D eigenvalue weighted by Crippen LogP contribution is -2.26. The molecule has 8 heteroatoms. The molecule has 1 aliphatic heterocycles. The number of sulfonamides is 1. The van der Waals surface area contributed by atoms with Crippen LogP contribution in [0.4, 0.5) is 11.4 Å². The molecular weight excluding hydrogens is 392 g/mol. The molecule has 1 N–H and O–H groups in total. The number of thioether (sulfide) groups is 1. The van der Waals surface area contributed by atoms with Gasteiger partial charge in [-0.2, -0.15) is 5.10 Å². The van der Waals surface area contributed by atoms with Crippen LogP contribution in [0.1, 0.15) is 30.9 Å². The van der Waals surface area contributed by atoms with Crippen molar-refractivity contribution in [2.45, 2.75) is 19.8 Å². The van der Waals surface area contributed by atoms with Crippen molar-refractivity contribution in [3.63, 3.8) is 0 Å². The summed E-state index contributed by atoms with van der Waals surface area (Å²) < 4.78 is 24.5. The van der Waals surface area contributed by atoms with Crippen molar-refractivity contribution in [3.8, 4) is 0 Å². The van der Waals surface area contributed by atoms with Crippen LogP contribution in [0.2, 0.25) is 0 Å². The van der Waals surface area contributed by atoms with Crippen LogP contribution >= 0.6 is 11.8 Å². The van der Waals surface area contributed by atoms with Crippen LogP contribution in [0.15, 0.2) is 58.6 Å². The molecule has 0 spiro atoms. The highest BCUT2D eigenvalue weighted by molar-refractivity contribution is 8.14. The zero-order valence-electron chi connectivity index (χ0n) is 16.4. The highest BCUT2D eigenvalue weighted by atomic mass is 32.2. The molecule has 3 rings (SSSR count). The fourth-order valence-corrected chi connectivity index (χ4v) is 3.92. The van der Waals surface area contributed by atoms with E-state index in [4.69, 9.17) is 0 Å². The molecule has 2 aromatic rings. The first-order valence-corrected chi connectivity index (χ1v) is 11.8. The summed E-state index contributed by atoms with van der Waals surface area (Å²) >= 11 is 1.59. The maximum atomic E-state index is 11.6. The molecule has 0 saturated heterocycles. The standard InChI is InChI=1S/C20H24N4O2S2/c1-14(2)15-5-9-17(10-6-15)21-20-23-22-19(13-27-20)16-7-11-18(12-8-16)24(3)28(4,25)26/h5-12,14H,13H2,1-4H3,(H,21,23). The van der Waals surface area contributed by atoms with Gasteiger partial charge in [-0.25, -0.2) is 13.4 Å².